The van der Waals surface area contributed by atoms with Gasteiger partial charge in [-0.1, -0.05) is 36.4 Å². The molecule has 1 atom stereocenters. The van der Waals surface area contributed by atoms with Crippen LogP contribution in [0.15, 0.2) is 48.5 Å². The average Bonchev–Trinajstić information content (AvgIpc) is 2.43. The summed E-state index contributed by atoms with van der Waals surface area (Å²) in [7, 11) is 0. The van der Waals surface area contributed by atoms with Gasteiger partial charge >= 0.3 is 0 Å². The molecule has 1 unspecified atom stereocenters. The van der Waals surface area contributed by atoms with Gasteiger partial charge < -0.3 is 5.73 Å². The van der Waals surface area contributed by atoms with E-state index in [0.29, 0.717) is 11.1 Å². The molecule has 2 aromatic carbocycles. The van der Waals surface area contributed by atoms with Crippen LogP contribution in [0, 0.1) is 11.6 Å². The van der Waals surface area contributed by atoms with E-state index in [0.717, 1.165) is 12.1 Å². The van der Waals surface area contributed by atoms with Crippen molar-refractivity contribution in [2.45, 2.75) is 12.5 Å². The van der Waals surface area contributed by atoms with Crippen molar-refractivity contribution in [3.8, 4) is 0 Å². The van der Waals surface area contributed by atoms with Crippen LogP contribution < -0.4 is 5.73 Å². The van der Waals surface area contributed by atoms with Gasteiger partial charge in [0, 0.05) is 6.42 Å². The highest BCUT2D eigenvalue weighted by atomic mass is 19.2. The second-order valence-corrected chi connectivity index (χ2v) is 4.28. The van der Waals surface area contributed by atoms with Crippen molar-refractivity contribution in [2.24, 2.45) is 5.73 Å². The Hall–Kier alpha value is -2.07. The van der Waals surface area contributed by atoms with E-state index in [1.807, 2.05) is 6.07 Å². The fraction of sp³-hybridized carbons (Fsp3) is 0.133. The van der Waals surface area contributed by atoms with Gasteiger partial charge in [0.2, 0.25) is 0 Å². The molecule has 2 aromatic rings. The first-order chi connectivity index (χ1) is 9.08. The van der Waals surface area contributed by atoms with Crippen molar-refractivity contribution >= 4 is 5.78 Å². The topological polar surface area (TPSA) is 43.1 Å². The fourth-order valence-electron chi connectivity index (χ4n) is 1.81. The van der Waals surface area contributed by atoms with Crippen molar-refractivity contribution in [1.29, 1.82) is 0 Å². The fourth-order valence-corrected chi connectivity index (χ4v) is 1.81. The Morgan fingerprint density at radius 2 is 1.74 bits per heavy atom. The standard InChI is InChI=1S/C15H13F2NO/c16-12-7-6-10(8-13(12)17)9-14(19)15(18)11-4-2-1-3-5-11/h1-8,15H,9,18H2. The van der Waals surface area contributed by atoms with E-state index in [4.69, 9.17) is 5.73 Å². The molecule has 4 heteroatoms. The summed E-state index contributed by atoms with van der Waals surface area (Å²) in [6.07, 6.45) is -0.0206. The third-order valence-corrected chi connectivity index (χ3v) is 2.87. The van der Waals surface area contributed by atoms with Crippen molar-refractivity contribution in [3.63, 3.8) is 0 Å². The lowest BCUT2D eigenvalue weighted by atomic mass is 9.98. The van der Waals surface area contributed by atoms with Crippen molar-refractivity contribution < 1.29 is 13.6 Å². The Morgan fingerprint density at radius 3 is 2.37 bits per heavy atom. The van der Waals surface area contributed by atoms with Crippen LogP contribution in [0.25, 0.3) is 0 Å². The predicted octanol–water partition coefficient (Wildman–Crippen LogP) is 2.78. The maximum absolute atomic E-state index is 13.0. The summed E-state index contributed by atoms with van der Waals surface area (Å²) in [5, 5.41) is 0. The van der Waals surface area contributed by atoms with Gasteiger partial charge in [0.15, 0.2) is 17.4 Å². The lowest BCUT2D eigenvalue weighted by Crippen LogP contribution is -2.23. The highest BCUT2D eigenvalue weighted by Gasteiger charge is 2.16. The minimum Gasteiger partial charge on any atom is -0.318 e. The van der Waals surface area contributed by atoms with Crippen molar-refractivity contribution in [1.82, 2.24) is 0 Å². The predicted molar refractivity (Wildman–Crippen MR) is 68.4 cm³/mol. The Balaban J connectivity index is 2.10. The molecule has 0 radical (unpaired) electrons. The summed E-state index contributed by atoms with van der Waals surface area (Å²) in [6.45, 7) is 0. The maximum Gasteiger partial charge on any atom is 0.159 e. The quantitative estimate of drug-likeness (QED) is 0.919. The molecule has 98 valence electrons. The molecule has 0 saturated carbocycles. The molecule has 0 amide bonds. The van der Waals surface area contributed by atoms with Gasteiger partial charge in [-0.2, -0.15) is 0 Å². The van der Waals surface area contributed by atoms with Gasteiger partial charge in [-0.25, -0.2) is 8.78 Å². The zero-order valence-electron chi connectivity index (χ0n) is 10.1. The number of benzene rings is 2. The highest BCUT2D eigenvalue weighted by Crippen LogP contribution is 2.15. The summed E-state index contributed by atoms with van der Waals surface area (Å²) in [5.74, 6) is -2.13. The van der Waals surface area contributed by atoms with E-state index in [9.17, 15) is 13.6 Å². The van der Waals surface area contributed by atoms with Crippen LogP contribution in [0.3, 0.4) is 0 Å². The molecule has 0 saturated heterocycles. The van der Waals surface area contributed by atoms with E-state index in [1.54, 1.807) is 24.3 Å². The maximum atomic E-state index is 13.0. The summed E-state index contributed by atoms with van der Waals surface area (Å²) in [6, 6.07) is 11.6. The largest absolute Gasteiger partial charge is 0.318 e. The van der Waals surface area contributed by atoms with E-state index >= 15 is 0 Å². The van der Waals surface area contributed by atoms with E-state index < -0.39 is 17.7 Å². The molecule has 0 bridgehead atoms. The normalized spacial score (nSPS) is 12.2. The lowest BCUT2D eigenvalue weighted by molar-refractivity contribution is -0.119. The Labute approximate surface area is 109 Å². The molecule has 0 fully saturated rings. The van der Waals surface area contributed by atoms with Crippen LogP contribution in [0.1, 0.15) is 17.2 Å². The van der Waals surface area contributed by atoms with Gasteiger partial charge in [0.1, 0.15) is 0 Å². The molecule has 0 spiro atoms. The molecule has 19 heavy (non-hydrogen) atoms. The van der Waals surface area contributed by atoms with Gasteiger partial charge in [0.25, 0.3) is 0 Å². The molecule has 2 nitrogen and oxygen atoms in total. The number of carbonyl (C=O) groups is 1. The number of rotatable bonds is 4. The van der Waals surface area contributed by atoms with Crippen molar-refractivity contribution in [3.05, 3.63) is 71.3 Å². The number of ketones is 1. The number of nitrogens with two attached hydrogens (primary N) is 1. The third-order valence-electron chi connectivity index (χ3n) is 2.87. The summed E-state index contributed by atoms with van der Waals surface area (Å²) in [5.41, 5.74) is 6.95. The van der Waals surface area contributed by atoms with Gasteiger partial charge in [0.05, 0.1) is 6.04 Å². The van der Waals surface area contributed by atoms with Gasteiger partial charge in [-0.05, 0) is 23.3 Å². The smallest absolute Gasteiger partial charge is 0.159 e. The van der Waals surface area contributed by atoms with E-state index in [-0.39, 0.29) is 12.2 Å². The first-order valence-electron chi connectivity index (χ1n) is 5.85. The number of halogens is 2. The molecular formula is C15H13F2NO. The Bertz CT molecular complexity index is 584. The summed E-state index contributed by atoms with van der Waals surface area (Å²) < 4.78 is 25.8. The molecule has 0 heterocycles. The van der Waals surface area contributed by atoms with Gasteiger partial charge in [-0.3, -0.25) is 4.79 Å². The second kappa shape index (κ2) is 5.71. The number of carbonyl (C=O) groups excluding carboxylic acids is 1. The Morgan fingerprint density at radius 1 is 1.05 bits per heavy atom. The summed E-state index contributed by atoms with van der Waals surface area (Å²) in [4.78, 5) is 12.0. The lowest BCUT2D eigenvalue weighted by Gasteiger charge is -2.11. The molecule has 0 aromatic heterocycles. The number of hydrogen-bond acceptors (Lipinski definition) is 2. The minimum atomic E-state index is -0.960. The zero-order valence-corrected chi connectivity index (χ0v) is 10.1. The van der Waals surface area contributed by atoms with Crippen LogP contribution in [0.2, 0.25) is 0 Å². The molecule has 2 rings (SSSR count). The van der Waals surface area contributed by atoms with Gasteiger partial charge in [-0.15, -0.1) is 0 Å². The first-order valence-corrected chi connectivity index (χ1v) is 5.85. The zero-order chi connectivity index (χ0) is 13.8. The van der Waals surface area contributed by atoms with Crippen LogP contribution >= 0.6 is 0 Å². The van der Waals surface area contributed by atoms with E-state index in [1.165, 1.54) is 6.07 Å². The third kappa shape index (κ3) is 3.23. The SMILES string of the molecule is NC(C(=O)Cc1ccc(F)c(F)c1)c1ccccc1. The Kier molecular flexibility index (Phi) is 4.02. The number of hydrogen-bond donors (Lipinski definition) is 1. The second-order valence-electron chi connectivity index (χ2n) is 4.28. The molecule has 0 aliphatic heterocycles. The van der Waals surface area contributed by atoms with E-state index in [2.05, 4.69) is 0 Å². The molecular weight excluding hydrogens is 248 g/mol. The molecule has 2 N–H and O–H groups in total. The summed E-state index contributed by atoms with van der Waals surface area (Å²) >= 11 is 0. The number of Topliss-reactive ketones (excluding diaryl/α,β-unsaturated/α-hetero) is 1. The average molecular weight is 261 g/mol. The highest BCUT2D eigenvalue weighted by molar-refractivity contribution is 5.87. The monoisotopic (exact) mass is 261 g/mol. The first kappa shape index (κ1) is 13.4. The molecule has 0 aliphatic carbocycles. The van der Waals surface area contributed by atoms with Crippen LogP contribution in [0.5, 0.6) is 0 Å². The minimum absolute atomic E-state index is 0.0206. The molecule has 0 aliphatic rings. The van der Waals surface area contributed by atoms with Crippen LogP contribution in [-0.4, -0.2) is 5.78 Å². The van der Waals surface area contributed by atoms with Crippen LogP contribution in [-0.2, 0) is 11.2 Å². The van der Waals surface area contributed by atoms with Crippen molar-refractivity contribution in [2.75, 3.05) is 0 Å². The van der Waals surface area contributed by atoms with Crippen LogP contribution in [0.4, 0.5) is 8.78 Å².